The van der Waals surface area contributed by atoms with Crippen LogP contribution in [0.5, 0.6) is 6.01 Å². The summed E-state index contributed by atoms with van der Waals surface area (Å²) in [5.74, 6) is 0. The molecule has 0 saturated heterocycles. The first-order chi connectivity index (χ1) is 10.4. The predicted octanol–water partition coefficient (Wildman–Crippen LogP) is 3.71. The maximum atomic E-state index is 12.1. The number of urea groups is 1. The summed E-state index contributed by atoms with van der Waals surface area (Å²) in [5, 5.41) is 6.05. The average molecular weight is 321 g/mol. The zero-order chi connectivity index (χ0) is 16.3. The van der Waals surface area contributed by atoms with Gasteiger partial charge in [0.15, 0.2) is 0 Å². The first-order valence-corrected chi connectivity index (χ1v) is 7.02. The van der Waals surface area contributed by atoms with E-state index in [2.05, 4.69) is 20.6 Å². The number of rotatable bonds is 3. The maximum Gasteiger partial charge on any atom is 0.323 e. The Morgan fingerprint density at radius 2 is 1.77 bits per heavy atom. The highest BCUT2D eigenvalue weighted by Gasteiger charge is 2.12. The van der Waals surface area contributed by atoms with Gasteiger partial charge in [-0.05, 0) is 38.5 Å². The molecule has 6 nitrogen and oxygen atoms in total. The molecule has 7 heteroatoms. The summed E-state index contributed by atoms with van der Waals surface area (Å²) >= 11 is 6.04. The van der Waals surface area contributed by atoms with E-state index in [1.807, 2.05) is 13.0 Å². The minimum atomic E-state index is -0.389. The molecule has 0 atom stereocenters. The fraction of sp³-hybridized carbons (Fsp3) is 0.267. The number of anilines is 2. The minimum absolute atomic E-state index is 0.270. The molecule has 0 aliphatic rings. The molecule has 116 valence electrons. The van der Waals surface area contributed by atoms with Crippen molar-refractivity contribution >= 4 is 29.0 Å². The highest BCUT2D eigenvalue weighted by atomic mass is 35.5. The Kier molecular flexibility index (Phi) is 4.82. The summed E-state index contributed by atoms with van der Waals surface area (Å²) in [6, 6.07) is 5.20. The average Bonchev–Trinajstić information content (AvgIpc) is 2.46. The molecular weight excluding hydrogens is 304 g/mol. The molecule has 0 bridgehead atoms. The maximum absolute atomic E-state index is 12.1. The van der Waals surface area contributed by atoms with Crippen molar-refractivity contribution in [1.29, 1.82) is 0 Å². The fourth-order valence-corrected chi connectivity index (χ4v) is 2.08. The van der Waals surface area contributed by atoms with Gasteiger partial charge in [-0.25, -0.2) is 4.79 Å². The van der Waals surface area contributed by atoms with E-state index in [-0.39, 0.29) is 12.0 Å². The van der Waals surface area contributed by atoms with Gasteiger partial charge < -0.3 is 15.4 Å². The van der Waals surface area contributed by atoms with Gasteiger partial charge in [-0.15, -0.1) is 0 Å². The van der Waals surface area contributed by atoms with Crippen molar-refractivity contribution < 1.29 is 9.53 Å². The van der Waals surface area contributed by atoms with E-state index >= 15 is 0 Å². The molecule has 0 fully saturated rings. The van der Waals surface area contributed by atoms with Gasteiger partial charge in [0.25, 0.3) is 0 Å². The van der Waals surface area contributed by atoms with Crippen LogP contribution in [0.15, 0.2) is 18.2 Å². The molecule has 2 amide bonds. The van der Waals surface area contributed by atoms with Gasteiger partial charge in [-0.1, -0.05) is 17.7 Å². The summed E-state index contributed by atoms with van der Waals surface area (Å²) in [6.07, 6.45) is 0. The topological polar surface area (TPSA) is 76.1 Å². The number of methoxy groups -OCH3 is 1. The SMILES string of the molecule is COc1nc(C)c(NC(=O)Nc2ccc(C)c(Cl)c2)c(C)n1. The van der Waals surface area contributed by atoms with Crippen molar-refractivity contribution in [3.05, 3.63) is 40.2 Å². The van der Waals surface area contributed by atoms with Crippen LogP contribution in [0.4, 0.5) is 16.2 Å². The van der Waals surface area contributed by atoms with Crippen molar-refractivity contribution in [2.75, 3.05) is 17.7 Å². The van der Waals surface area contributed by atoms with Crippen LogP contribution in [0.2, 0.25) is 5.02 Å². The molecule has 0 unspecified atom stereocenters. The zero-order valence-corrected chi connectivity index (χ0v) is 13.6. The van der Waals surface area contributed by atoms with Gasteiger partial charge in [0.2, 0.25) is 0 Å². The molecule has 0 aliphatic heterocycles. The first-order valence-electron chi connectivity index (χ1n) is 6.64. The van der Waals surface area contributed by atoms with Crippen LogP contribution in [0.25, 0.3) is 0 Å². The van der Waals surface area contributed by atoms with Crippen LogP contribution in [0.3, 0.4) is 0 Å². The van der Waals surface area contributed by atoms with Crippen molar-refractivity contribution in [2.45, 2.75) is 20.8 Å². The van der Waals surface area contributed by atoms with E-state index in [1.165, 1.54) is 7.11 Å². The summed E-state index contributed by atoms with van der Waals surface area (Å²) in [6.45, 7) is 5.44. The van der Waals surface area contributed by atoms with Crippen molar-refractivity contribution in [3.8, 4) is 6.01 Å². The lowest BCUT2D eigenvalue weighted by atomic mass is 10.2. The van der Waals surface area contributed by atoms with Gasteiger partial charge >= 0.3 is 12.0 Å². The van der Waals surface area contributed by atoms with Gasteiger partial charge in [-0.3, -0.25) is 0 Å². The molecule has 2 rings (SSSR count). The summed E-state index contributed by atoms with van der Waals surface area (Å²) < 4.78 is 4.99. The number of ether oxygens (including phenoxy) is 1. The Morgan fingerprint density at radius 1 is 1.14 bits per heavy atom. The molecule has 0 radical (unpaired) electrons. The number of nitrogens with zero attached hydrogens (tertiary/aromatic N) is 2. The van der Waals surface area contributed by atoms with Gasteiger partial charge in [-0.2, -0.15) is 9.97 Å². The number of hydrogen-bond acceptors (Lipinski definition) is 4. The molecular formula is C15H17ClN4O2. The molecule has 22 heavy (non-hydrogen) atoms. The Bertz CT molecular complexity index is 696. The number of aromatic nitrogens is 2. The molecule has 1 heterocycles. The third-order valence-corrected chi connectivity index (χ3v) is 3.51. The van der Waals surface area contributed by atoms with E-state index in [0.29, 0.717) is 27.8 Å². The lowest BCUT2D eigenvalue weighted by molar-refractivity contribution is 0.262. The standard InChI is InChI=1S/C15H17ClN4O2/c1-8-5-6-11(7-12(8)16)19-14(21)20-13-9(2)17-15(22-4)18-10(13)3/h5-7H,1-4H3,(H2,19,20,21). The third kappa shape index (κ3) is 3.65. The van der Waals surface area contributed by atoms with E-state index in [4.69, 9.17) is 16.3 Å². The lowest BCUT2D eigenvalue weighted by Gasteiger charge is -2.12. The van der Waals surface area contributed by atoms with Gasteiger partial charge in [0.05, 0.1) is 24.2 Å². The predicted molar refractivity (Wildman–Crippen MR) is 86.9 cm³/mol. The molecule has 2 aromatic rings. The highest BCUT2D eigenvalue weighted by Crippen LogP contribution is 2.22. The molecule has 1 aromatic heterocycles. The Morgan fingerprint density at radius 3 is 2.32 bits per heavy atom. The second kappa shape index (κ2) is 6.62. The minimum Gasteiger partial charge on any atom is -0.467 e. The van der Waals surface area contributed by atoms with E-state index in [9.17, 15) is 4.79 Å². The second-order valence-corrected chi connectivity index (χ2v) is 5.21. The third-order valence-electron chi connectivity index (χ3n) is 3.10. The Labute approximate surface area is 133 Å². The van der Waals surface area contributed by atoms with Crippen LogP contribution >= 0.6 is 11.6 Å². The first kappa shape index (κ1) is 16.0. The zero-order valence-electron chi connectivity index (χ0n) is 12.8. The number of amides is 2. The molecule has 0 spiro atoms. The van der Waals surface area contributed by atoms with Crippen molar-refractivity contribution in [3.63, 3.8) is 0 Å². The summed E-state index contributed by atoms with van der Waals surface area (Å²) in [7, 11) is 1.50. The fourth-order valence-electron chi connectivity index (χ4n) is 1.90. The molecule has 0 aliphatic carbocycles. The van der Waals surface area contributed by atoms with Crippen LogP contribution in [0.1, 0.15) is 17.0 Å². The van der Waals surface area contributed by atoms with Gasteiger partial charge in [0, 0.05) is 10.7 Å². The van der Waals surface area contributed by atoms with Crippen LogP contribution in [-0.4, -0.2) is 23.1 Å². The largest absolute Gasteiger partial charge is 0.467 e. The number of aryl methyl sites for hydroxylation is 3. The van der Waals surface area contributed by atoms with Crippen LogP contribution in [0, 0.1) is 20.8 Å². The van der Waals surface area contributed by atoms with E-state index < -0.39 is 0 Å². The summed E-state index contributed by atoms with van der Waals surface area (Å²) in [4.78, 5) is 20.4. The molecule has 0 saturated carbocycles. The van der Waals surface area contributed by atoms with Gasteiger partial charge in [0.1, 0.15) is 0 Å². The Balaban J connectivity index is 2.13. The quantitative estimate of drug-likeness (QED) is 0.904. The monoisotopic (exact) mass is 320 g/mol. The number of halogens is 1. The summed E-state index contributed by atoms with van der Waals surface area (Å²) in [5.41, 5.74) is 3.36. The number of carbonyl (C=O) groups is 1. The number of hydrogen-bond donors (Lipinski definition) is 2. The number of benzene rings is 1. The van der Waals surface area contributed by atoms with Crippen LogP contribution < -0.4 is 15.4 Å². The number of nitrogens with one attached hydrogen (secondary N) is 2. The van der Waals surface area contributed by atoms with Crippen molar-refractivity contribution in [1.82, 2.24) is 9.97 Å². The molecule has 2 N–H and O–H groups in total. The number of carbonyl (C=O) groups excluding carboxylic acids is 1. The normalized spacial score (nSPS) is 10.2. The van der Waals surface area contributed by atoms with E-state index in [0.717, 1.165) is 5.56 Å². The molecule has 1 aromatic carbocycles. The smallest absolute Gasteiger partial charge is 0.323 e. The second-order valence-electron chi connectivity index (χ2n) is 4.80. The Hall–Kier alpha value is -2.34. The van der Waals surface area contributed by atoms with E-state index in [1.54, 1.807) is 26.0 Å². The highest BCUT2D eigenvalue weighted by molar-refractivity contribution is 6.31. The van der Waals surface area contributed by atoms with Crippen LogP contribution in [-0.2, 0) is 0 Å². The van der Waals surface area contributed by atoms with Crippen molar-refractivity contribution in [2.24, 2.45) is 0 Å². The lowest BCUT2D eigenvalue weighted by Crippen LogP contribution is -2.21.